The number of piperidine rings is 1. The Labute approximate surface area is 227 Å². The van der Waals surface area contributed by atoms with E-state index in [9.17, 15) is 18.3 Å². The summed E-state index contributed by atoms with van der Waals surface area (Å²) in [5, 5.41) is 13.2. The highest BCUT2D eigenvalue weighted by molar-refractivity contribution is 6.00. The third-order valence-corrected chi connectivity index (χ3v) is 7.88. The van der Waals surface area contributed by atoms with Crippen LogP contribution in [0.4, 0.5) is 30.6 Å². The Kier molecular flexibility index (Phi) is 7.84. The number of halogens is 3. The lowest BCUT2D eigenvalue weighted by Crippen LogP contribution is -2.39. The first-order valence-corrected chi connectivity index (χ1v) is 13.9. The topological polar surface area (TPSA) is 76.9 Å². The number of aliphatic imine (C=N–C) groups is 1. The van der Waals surface area contributed by atoms with E-state index in [1.165, 1.54) is 12.5 Å². The van der Waals surface area contributed by atoms with Crippen molar-refractivity contribution in [3.63, 3.8) is 0 Å². The second-order valence-electron chi connectivity index (χ2n) is 11.2. The third-order valence-electron chi connectivity index (χ3n) is 7.88. The normalized spacial score (nSPS) is 18.7. The van der Waals surface area contributed by atoms with Crippen molar-refractivity contribution in [3.8, 4) is 0 Å². The van der Waals surface area contributed by atoms with Gasteiger partial charge in [-0.15, -0.1) is 0 Å². The van der Waals surface area contributed by atoms with Gasteiger partial charge in [0.25, 0.3) is 0 Å². The molecule has 5 rings (SSSR count). The zero-order valence-corrected chi connectivity index (χ0v) is 22.7. The van der Waals surface area contributed by atoms with Crippen molar-refractivity contribution in [1.29, 1.82) is 0 Å². The zero-order chi connectivity index (χ0) is 27.6. The molecular weight excluding hydrogens is 505 g/mol. The molecule has 1 aromatic carbocycles. The lowest BCUT2D eigenvalue weighted by atomic mass is 9.85. The summed E-state index contributed by atoms with van der Waals surface area (Å²) in [4.78, 5) is 18.2. The third kappa shape index (κ3) is 6.05. The van der Waals surface area contributed by atoms with E-state index in [-0.39, 0.29) is 17.9 Å². The van der Waals surface area contributed by atoms with E-state index in [4.69, 9.17) is 9.97 Å². The van der Waals surface area contributed by atoms with Crippen LogP contribution < -0.4 is 10.2 Å². The quantitative estimate of drug-likeness (QED) is 0.543. The van der Waals surface area contributed by atoms with Gasteiger partial charge in [-0.05, 0) is 49.8 Å². The number of benzene rings is 1. The molecule has 0 atom stereocenters. The summed E-state index contributed by atoms with van der Waals surface area (Å²) in [5.41, 5.74) is 2.72. The van der Waals surface area contributed by atoms with E-state index < -0.39 is 11.7 Å². The summed E-state index contributed by atoms with van der Waals surface area (Å²) in [7, 11) is 0. The molecular formula is C29H37F3N6O. The molecule has 10 heteroatoms. The van der Waals surface area contributed by atoms with E-state index in [2.05, 4.69) is 15.2 Å². The fraction of sp³-hybridized carbons (Fsp3) is 0.552. The number of anilines is 3. The number of nitrogens with one attached hydrogen (secondary N) is 1. The van der Waals surface area contributed by atoms with E-state index in [0.29, 0.717) is 50.7 Å². The van der Waals surface area contributed by atoms with Crippen molar-refractivity contribution < 1.29 is 18.3 Å². The molecule has 0 aliphatic carbocycles. The number of aliphatic hydroxyl groups is 1. The molecule has 1 aromatic heterocycles. The number of aliphatic hydroxyl groups excluding tert-OH is 1. The van der Waals surface area contributed by atoms with Crippen molar-refractivity contribution in [2.45, 2.75) is 64.0 Å². The molecule has 0 amide bonds. The predicted octanol–water partition coefficient (Wildman–Crippen LogP) is 5.17. The molecule has 1 saturated heterocycles. The van der Waals surface area contributed by atoms with Gasteiger partial charge in [-0.25, -0.2) is 4.98 Å². The SMILES string of the molecule is CC(C)(CO)c1ccc(Nc2nc(N3CCCCC3)nc3c2CCN(C2=NCCC=C2C(F)(F)F)CC3)cc1. The molecule has 0 spiro atoms. The minimum atomic E-state index is -4.43. The lowest BCUT2D eigenvalue weighted by molar-refractivity contribution is -0.0874. The Morgan fingerprint density at radius 2 is 1.64 bits per heavy atom. The number of hydrogen-bond acceptors (Lipinski definition) is 7. The Hall–Kier alpha value is -3.14. The van der Waals surface area contributed by atoms with Crippen LogP contribution in [-0.2, 0) is 18.3 Å². The Balaban J connectivity index is 1.45. The molecule has 0 bridgehead atoms. The van der Waals surface area contributed by atoms with E-state index >= 15 is 0 Å². The monoisotopic (exact) mass is 542 g/mol. The molecule has 3 aliphatic heterocycles. The molecule has 1 fully saturated rings. The van der Waals surface area contributed by atoms with Crippen LogP contribution in [0.2, 0.25) is 0 Å². The van der Waals surface area contributed by atoms with Crippen LogP contribution in [0.25, 0.3) is 0 Å². The summed E-state index contributed by atoms with van der Waals surface area (Å²) < 4.78 is 41.3. The smallest absolute Gasteiger partial charge is 0.395 e. The highest BCUT2D eigenvalue weighted by Crippen LogP contribution is 2.33. The number of alkyl halides is 3. The number of aromatic nitrogens is 2. The maximum Gasteiger partial charge on any atom is 0.419 e. The first-order valence-electron chi connectivity index (χ1n) is 13.9. The second-order valence-corrected chi connectivity index (χ2v) is 11.2. The summed E-state index contributed by atoms with van der Waals surface area (Å²) in [6.45, 7) is 7.01. The van der Waals surface area contributed by atoms with Crippen LogP contribution in [-0.4, -0.2) is 71.3 Å². The summed E-state index contributed by atoms with van der Waals surface area (Å²) in [6, 6.07) is 7.94. The largest absolute Gasteiger partial charge is 0.419 e. The van der Waals surface area contributed by atoms with Gasteiger partial charge in [0, 0.05) is 55.8 Å². The van der Waals surface area contributed by atoms with Crippen LogP contribution in [0.15, 0.2) is 40.9 Å². The average molecular weight is 543 g/mol. The molecule has 210 valence electrons. The summed E-state index contributed by atoms with van der Waals surface area (Å²) >= 11 is 0. The fourth-order valence-corrected chi connectivity index (χ4v) is 5.44. The second kappa shape index (κ2) is 11.2. The van der Waals surface area contributed by atoms with Gasteiger partial charge >= 0.3 is 6.18 Å². The van der Waals surface area contributed by atoms with E-state index in [1.807, 2.05) is 38.1 Å². The molecule has 2 N–H and O–H groups in total. The Morgan fingerprint density at radius 3 is 2.33 bits per heavy atom. The van der Waals surface area contributed by atoms with Gasteiger partial charge in [0.05, 0.1) is 17.9 Å². The van der Waals surface area contributed by atoms with Crippen molar-refractivity contribution in [1.82, 2.24) is 14.9 Å². The minimum Gasteiger partial charge on any atom is -0.395 e. The lowest BCUT2D eigenvalue weighted by Gasteiger charge is -2.28. The minimum absolute atomic E-state index is 0.0439. The Morgan fingerprint density at radius 1 is 0.923 bits per heavy atom. The molecule has 2 aromatic rings. The van der Waals surface area contributed by atoms with Crippen molar-refractivity contribution >= 4 is 23.3 Å². The van der Waals surface area contributed by atoms with Gasteiger partial charge in [-0.2, -0.15) is 18.2 Å². The average Bonchev–Trinajstić information content (AvgIpc) is 3.16. The molecule has 7 nitrogen and oxygen atoms in total. The molecule has 0 saturated carbocycles. The van der Waals surface area contributed by atoms with Crippen molar-refractivity contribution in [2.24, 2.45) is 4.99 Å². The predicted molar refractivity (Wildman–Crippen MR) is 148 cm³/mol. The van der Waals surface area contributed by atoms with Gasteiger partial charge < -0.3 is 20.2 Å². The van der Waals surface area contributed by atoms with Crippen LogP contribution in [0.1, 0.15) is 56.4 Å². The highest BCUT2D eigenvalue weighted by Gasteiger charge is 2.40. The van der Waals surface area contributed by atoms with Gasteiger partial charge in [-0.3, -0.25) is 4.99 Å². The highest BCUT2D eigenvalue weighted by atomic mass is 19.4. The standard InChI is InChI=1S/C29H37F3N6O/c1-28(2,19-39)20-8-10-21(11-9-20)34-25-22-12-17-37(26-23(29(30,31)32)7-6-14-33-26)18-13-24(22)35-27(36-25)38-15-4-3-5-16-38/h7-11,39H,3-6,12-19H2,1-2H3,(H,34,35,36). The molecule has 4 heterocycles. The maximum atomic E-state index is 13.8. The molecule has 3 aliphatic rings. The number of hydrogen-bond donors (Lipinski definition) is 2. The van der Waals surface area contributed by atoms with E-state index in [1.54, 1.807) is 4.90 Å². The number of amidine groups is 1. The van der Waals surface area contributed by atoms with Crippen LogP contribution in [0.5, 0.6) is 0 Å². The first-order chi connectivity index (χ1) is 18.7. The first kappa shape index (κ1) is 27.4. The number of rotatable bonds is 5. The van der Waals surface area contributed by atoms with Crippen molar-refractivity contribution in [3.05, 3.63) is 52.7 Å². The van der Waals surface area contributed by atoms with Gasteiger partial charge in [0.15, 0.2) is 0 Å². The summed E-state index contributed by atoms with van der Waals surface area (Å²) in [6.07, 6.45) is 1.54. The van der Waals surface area contributed by atoms with Gasteiger partial charge in [-0.1, -0.05) is 32.1 Å². The maximum absolute atomic E-state index is 13.8. The molecule has 0 radical (unpaired) electrons. The van der Waals surface area contributed by atoms with Crippen LogP contribution in [0.3, 0.4) is 0 Å². The van der Waals surface area contributed by atoms with Crippen LogP contribution in [0, 0.1) is 0 Å². The van der Waals surface area contributed by atoms with E-state index in [0.717, 1.165) is 48.4 Å². The van der Waals surface area contributed by atoms with Gasteiger partial charge in [0.2, 0.25) is 5.95 Å². The fourth-order valence-electron chi connectivity index (χ4n) is 5.44. The molecule has 0 unspecified atom stereocenters. The number of nitrogens with zero attached hydrogens (tertiary/aromatic N) is 5. The zero-order valence-electron chi connectivity index (χ0n) is 22.7. The Bertz CT molecular complexity index is 1230. The van der Waals surface area contributed by atoms with Crippen LogP contribution >= 0.6 is 0 Å². The number of dihydropyridines is 1. The summed E-state index contributed by atoms with van der Waals surface area (Å²) in [5.74, 6) is 1.42. The molecule has 39 heavy (non-hydrogen) atoms. The van der Waals surface area contributed by atoms with Crippen molar-refractivity contribution in [2.75, 3.05) is 49.5 Å². The number of fused-ring (bicyclic) bond motifs is 1. The van der Waals surface area contributed by atoms with Gasteiger partial charge in [0.1, 0.15) is 11.7 Å².